The van der Waals surface area contributed by atoms with E-state index in [2.05, 4.69) is 110 Å². The highest BCUT2D eigenvalue weighted by molar-refractivity contribution is 6.84. The van der Waals surface area contributed by atoms with Crippen molar-refractivity contribution in [2.45, 2.75) is 123 Å². The number of esters is 2. The number of benzene rings is 2. The van der Waals surface area contributed by atoms with Crippen LogP contribution in [0.25, 0.3) is 0 Å². The number of rotatable bonds is 13. The molecule has 1 aliphatic rings. The van der Waals surface area contributed by atoms with Crippen molar-refractivity contribution in [3.63, 3.8) is 0 Å². The molecule has 260 valence electrons. The van der Waals surface area contributed by atoms with E-state index >= 15 is 0 Å². The molecule has 5 atom stereocenters. The molecule has 7 heteroatoms. The van der Waals surface area contributed by atoms with Crippen LogP contribution < -0.4 is 0 Å². The largest absolute Gasteiger partial charge is 0.458 e. The Morgan fingerprint density at radius 3 is 2.21 bits per heavy atom. The minimum absolute atomic E-state index is 0.0196. The SMILES string of the molecule is CC[Si](CC)(CC)O[C@H](C)[C@@H](C)/C=C(\C)C1OC(=O)CC(OC(=O)c2ccccc2)CCC#C/C([Si](C)(C)Cc2ccccc2)=C\[C@@H]1C. The van der Waals surface area contributed by atoms with Crippen LogP contribution >= 0.6 is 0 Å². The van der Waals surface area contributed by atoms with Gasteiger partial charge in [0.1, 0.15) is 12.2 Å². The Bertz CT molecular complexity index is 1440. The van der Waals surface area contributed by atoms with Gasteiger partial charge in [-0.15, -0.1) is 0 Å². The number of hydrogen-bond acceptors (Lipinski definition) is 5. The van der Waals surface area contributed by atoms with Gasteiger partial charge in [-0.05, 0) is 73.3 Å². The fraction of sp³-hybridized carbons (Fsp3) is 0.512. The minimum Gasteiger partial charge on any atom is -0.458 e. The average Bonchev–Trinajstić information content (AvgIpc) is 3.07. The predicted molar refractivity (Wildman–Crippen MR) is 203 cm³/mol. The first-order valence-corrected chi connectivity index (χ1v) is 23.6. The van der Waals surface area contributed by atoms with E-state index in [-0.39, 0.29) is 30.3 Å². The first-order valence-electron chi connectivity index (χ1n) is 17.9. The third-order valence-corrected chi connectivity index (χ3v) is 17.7. The molecule has 5 nitrogen and oxygen atoms in total. The van der Waals surface area contributed by atoms with Crippen molar-refractivity contribution in [2.75, 3.05) is 0 Å². The lowest BCUT2D eigenvalue weighted by atomic mass is 9.93. The molecule has 48 heavy (non-hydrogen) atoms. The van der Waals surface area contributed by atoms with Crippen molar-refractivity contribution < 1.29 is 23.5 Å². The highest BCUT2D eigenvalue weighted by atomic mass is 28.4. The number of ether oxygens (including phenoxy) is 2. The van der Waals surface area contributed by atoms with Crippen LogP contribution in [0.4, 0.5) is 0 Å². The van der Waals surface area contributed by atoms with Gasteiger partial charge < -0.3 is 13.9 Å². The quantitative estimate of drug-likeness (QED) is 0.0909. The molecule has 0 saturated heterocycles. The molecule has 0 saturated carbocycles. The maximum atomic E-state index is 13.6. The Hall–Kier alpha value is -3.19. The third kappa shape index (κ3) is 11.5. The Morgan fingerprint density at radius 1 is 1.00 bits per heavy atom. The lowest BCUT2D eigenvalue weighted by Crippen LogP contribution is -2.40. The fourth-order valence-corrected chi connectivity index (χ4v) is 12.1. The van der Waals surface area contributed by atoms with Crippen molar-refractivity contribution in [3.05, 3.63) is 94.7 Å². The number of allylic oxidation sites excluding steroid dienone is 1. The van der Waals surface area contributed by atoms with Crippen LogP contribution in [0.5, 0.6) is 0 Å². The van der Waals surface area contributed by atoms with Crippen LogP contribution in [0.1, 0.15) is 83.7 Å². The van der Waals surface area contributed by atoms with Crippen LogP contribution in [0.3, 0.4) is 0 Å². The molecular formula is C41H58O5Si2. The summed E-state index contributed by atoms with van der Waals surface area (Å²) in [6.07, 6.45) is 4.37. The molecule has 0 spiro atoms. The Labute approximate surface area is 292 Å². The molecule has 0 radical (unpaired) electrons. The molecule has 0 bridgehead atoms. The van der Waals surface area contributed by atoms with Crippen molar-refractivity contribution >= 4 is 28.3 Å². The second-order valence-corrected chi connectivity index (χ2v) is 23.6. The molecule has 2 aromatic carbocycles. The summed E-state index contributed by atoms with van der Waals surface area (Å²) in [7, 11) is -3.82. The van der Waals surface area contributed by atoms with Crippen LogP contribution in [0.15, 0.2) is 83.6 Å². The van der Waals surface area contributed by atoms with Crippen molar-refractivity contribution in [1.29, 1.82) is 0 Å². The van der Waals surface area contributed by atoms with E-state index in [0.717, 1.165) is 34.9 Å². The van der Waals surface area contributed by atoms with Gasteiger partial charge in [0, 0.05) is 18.4 Å². The lowest BCUT2D eigenvalue weighted by molar-refractivity contribution is -0.151. The molecule has 2 unspecified atom stereocenters. The third-order valence-electron chi connectivity index (χ3n) is 9.96. The van der Waals surface area contributed by atoms with Crippen molar-refractivity contribution in [1.82, 2.24) is 0 Å². The second kappa shape index (κ2) is 18.5. The summed E-state index contributed by atoms with van der Waals surface area (Å²) < 4.78 is 19.0. The molecule has 1 heterocycles. The molecule has 0 aromatic heterocycles. The maximum Gasteiger partial charge on any atom is 0.338 e. The Balaban J connectivity index is 1.98. The summed E-state index contributed by atoms with van der Waals surface area (Å²) in [5, 5.41) is 1.15. The molecule has 0 fully saturated rings. The van der Waals surface area contributed by atoms with E-state index in [4.69, 9.17) is 13.9 Å². The van der Waals surface area contributed by atoms with E-state index in [9.17, 15) is 9.59 Å². The van der Waals surface area contributed by atoms with Crippen LogP contribution in [-0.4, -0.2) is 46.6 Å². The number of hydrogen-bond donors (Lipinski definition) is 0. The van der Waals surface area contributed by atoms with E-state index < -0.39 is 34.6 Å². The van der Waals surface area contributed by atoms with E-state index in [1.807, 2.05) is 12.1 Å². The summed E-state index contributed by atoms with van der Waals surface area (Å²) in [6, 6.07) is 23.8. The van der Waals surface area contributed by atoms with Gasteiger partial charge in [-0.2, -0.15) is 0 Å². The number of cyclic esters (lactones) is 1. The van der Waals surface area contributed by atoms with Crippen molar-refractivity contribution in [3.8, 4) is 11.8 Å². The molecule has 0 amide bonds. The normalized spacial score (nSPS) is 22.0. The fourth-order valence-electron chi connectivity index (χ4n) is 6.51. The average molecular weight is 687 g/mol. The van der Waals surface area contributed by atoms with Gasteiger partial charge in [0.25, 0.3) is 0 Å². The monoisotopic (exact) mass is 686 g/mol. The maximum absolute atomic E-state index is 13.6. The summed E-state index contributed by atoms with van der Waals surface area (Å²) in [4.78, 5) is 26.6. The molecule has 1 aliphatic heterocycles. The number of carbonyl (C=O) groups is 2. The first-order chi connectivity index (χ1) is 22.8. The van der Waals surface area contributed by atoms with Gasteiger partial charge in [0.2, 0.25) is 0 Å². The van der Waals surface area contributed by atoms with Gasteiger partial charge in [-0.3, -0.25) is 4.79 Å². The van der Waals surface area contributed by atoms with Gasteiger partial charge in [-0.25, -0.2) is 4.79 Å². The topological polar surface area (TPSA) is 61.8 Å². The van der Waals surface area contributed by atoms with Crippen LogP contribution in [0.2, 0.25) is 31.2 Å². The van der Waals surface area contributed by atoms with Gasteiger partial charge in [0.15, 0.2) is 8.32 Å². The molecule has 0 N–H and O–H groups in total. The summed E-state index contributed by atoms with van der Waals surface area (Å²) in [5.41, 5.74) is 2.76. The second-order valence-electron chi connectivity index (χ2n) is 14.2. The molecular weight excluding hydrogens is 629 g/mol. The van der Waals surface area contributed by atoms with E-state index in [0.29, 0.717) is 18.4 Å². The zero-order valence-electron chi connectivity index (χ0n) is 30.8. The summed E-state index contributed by atoms with van der Waals surface area (Å²) in [6.45, 7) is 20.0. The van der Waals surface area contributed by atoms with Crippen LogP contribution in [-0.2, 0) is 24.7 Å². The van der Waals surface area contributed by atoms with E-state index in [1.165, 1.54) is 5.56 Å². The minimum atomic E-state index is -2.04. The predicted octanol–water partition coefficient (Wildman–Crippen LogP) is 9.90. The Kier molecular flexibility index (Phi) is 15.2. The van der Waals surface area contributed by atoms with Gasteiger partial charge in [-0.1, -0.05) is 126 Å². The first kappa shape index (κ1) is 39.3. The molecule has 3 rings (SSSR count). The van der Waals surface area contributed by atoms with Crippen LogP contribution in [0, 0.1) is 23.7 Å². The smallest absolute Gasteiger partial charge is 0.338 e. The molecule has 0 aliphatic carbocycles. The van der Waals surface area contributed by atoms with E-state index in [1.54, 1.807) is 24.3 Å². The van der Waals surface area contributed by atoms with Gasteiger partial charge >= 0.3 is 11.9 Å². The standard InChI is InChI=1S/C41H58O5Si2/c1-10-48(11-2,12-3)46-34(7)31(4)27-32(5)40-33(6)28-38(47(8,9)30-35-21-15-13-16-22-35)26-20-19-25-37(29-39(42)45-40)44-41(43)36-23-17-14-18-24-36/h13-18,21-24,27-28,31,33-34,37,40H,10-12,19,25,29-30H2,1-9H3/b32-27+,38-28+/t31-,33-,34+,37?,40?/m0/s1. The lowest BCUT2D eigenvalue weighted by Gasteiger charge is -2.34. The van der Waals surface area contributed by atoms with Gasteiger partial charge in [0.05, 0.1) is 20.1 Å². The zero-order valence-corrected chi connectivity index (χ0v) is 32.8. The van der Waals surface area contributed by atoms with Crippen molar-refractivity contribution in [2.24, 2.45) is 11.8 Å². The summed E-state index contributed by atoms with van der Waals surface area (Å²) >= 11 is 0. The number of carbonyl (C=O) groups excluding carboxylic acids is 2. The Morgan fingerprint density at radius 2 is 1.60 bits per heavy atom. The highest BCUT2D eigenvalue weighted by Crippen LogP contribution is 2.30. The highest BCUT2D eigenvalue weighted by Gasteiger charge is 2.33. The molecule has 2 aromatic rings. The zero-order chi connectivity index (χ0) is 35.3. The summed E-state index contributed by atoms with van der Waals surface area (Å²) in [5.74, 6) is 6.18.